The summed E-state index contributed by atoms with van der Waals surface area (Å²) in [6.45, 7) is 0.726. The molecule has 0 aromatic heterocycles. The number of sulfone groups is 1. The number of benzene rings is 1. The lowest BCUT2D eigenvalue weighted by Crippen LogP contribution is -2.15. The molecule has 2 N–H and O–H groups in total. The molecule has 0 amide bonds. The maximum absolute atomic E-state index is 12.2. The number of nitrogen functional groups attached to an aromatic ring is 1. The molecular weight excluding hydrogens is 274 g/mol. The van der Waals surface area contributed by atoms with Gasteiger partial charge in [0, 0.05) is 12.3 Å². The minimum atomic E-state index is -3.39. The first kappa shape index (κ1) is 13.6. The third-order valence-corrected chi connectivity index (χ3v) is 5.25. The highest BCUT2D eigenvalue weighted by Gasteiger charge is 2.22. The summed E-state index contributed by atoms with van der Waals surface area (Å²) in [6.07, 6.45) is 2.50. The van der Waals surface area contributed by atoms with Gasteiger partial charge in [0.25, 0.3) is 0 Å². The van der Waals surface area contributed by atoms with Crippen LogP contribution >= 0.6 is 11.6 Å². The summed E-state index contributed by atoms with van der Waals surface area (Å²) < 4.78 is 29.7. The van der Waals surface area contributed by atoms with Crippen LogP contribution in [0.4, 0.5) is 5.69 Å². The Morgan fingerprint density at radius 1 is 1.44 bits per heavy atom. The van der Waals surface area contributed by atoms with Gasteiger partial charge in [-0.15, -0.1) is 0 Å². The second-order valence-corrected chi connectivity index (χ2v) is 6.92. The Balaban J connectivity index is 2.12. The fourth-order valence-corrected chi connectivity index (χ4v) is 3.97. The van der Waals surface area contributed by atoms with Gasteiger partial charge in [0.15, 0.2) is 9.84 Å². The average Bonchev–Trinajstić information content (AvgIpc) is 2.83. The average molecular weight is 290 g/mol. The number of halogens is 1. The van der Waals surface area contributed by atoms with Crippen LogP contribution < -0.4 is 5.73 Å². The van der Waals surface area contributed by atoms with Crippen LogP contribution in [0.3, 0.4) is 0 Å². The lowest BCUT2D eigenvalue weighted by molar-refractivity contribution is 0.109. The molecule has 0 aliphatic carbocycles. The molecule has 18 heavy (non-hydrogen) atoms. The first-order chi connectivity index (χ1) is 8.49. The molecular formula is C12H16ClNO3S. The van der Waals surface area contributed by atoms with Gasteiger partial charge in [-0.3, -0.25) is 0 Å². The molecule has 0 bridgehead atoms. The second-order valence-electron chi connectivity index (χ2n) is 4.43. The minimum Gasteiger partial charge on any atom is -0.399 e. The predicted octanol–water partition coefficient (Wildman–Crippen LogP) is 2.27. The van der Waals surface area contributed by atoms with E-state index in [4.69, 9.17) is 22.1 Å². The Bertz CT molecular complexity index is 524. The largest absolute Gasteiger partial charge is 0.399 e. The van der Waals surface area contributed by atoms with Gasteiger partial charge in [0.2, 0.25) is 0 Å². The highest BCUT2D eigenvalue weighted by Crippen LogP contribution is 2.26. The van der Waals surface area contributed by atoms with Crippen molar-refractivity contribution in [2.24, 2.45) is 0 Å². The lowest BCUT2D eigenvalue weighted by Gasteiger charge is -2.11. The molecule has 1 fully saturated rings. The highest BCUT2D eigenvalue weighted by molar-refractivity contribution is 7.91. The summed E-state index contributed by atoms with van der Waals surface area (Å²) in [5, 5.41) is 0.219. The van der Waals surface area contributed by atoms with E-state index in [1.54, 1.807) is 6.07 Å². The highest BCUT2D eigenvalue weighted by atomic mass is 35.5. The molecule has 2 rings (SSSR count). The molecule has 6 heteroatoms. The topological polar surface area (TPSA) is 69.4 Å². The zero-order valence-electron chi connectivity index (χ0n) is 9.93. The second kappa shape index (κ2) is 5.47. The smallest absolute Gasteiger partial charge is 0.180 e. The molecule has 1 unspecified atom stereocenters. The monoisotopic (exact) mass is 289 g/mol. The standard InChI is InChI=1S/C12H16ClNO3S/c13-11-4-3-9(14)8-12(11)18(15,16)7-5-10-2-1-6-17-10/h3-4,8,10H,1-2,5-7,14H2. The molecule has 0 saturated carbocycles. The van der Waals surface area contributed by atoms with E-state index in [-0.39, 0.29) is 21.8 Å². The van der Waals surface area contributed by atoms with E-state index in [1.165, 1.54) is 12.1 Å². The minimum absolute atomic E-state index is 0.0425. The van der Waals surface area contributed by atoms with Gasteiger partial charge < -0.3 is 10.5 Å². The number of anilines is 1. The van der Waals surface area contributed by atoms with Crippen LogP contribution in [-0.2, 0) is 14.6 Å². The summed E-state index contributed by atoms with van der Waals surface area (Å²) in [6, 6.07) is 4.50. The fraction of sp³-hybridized carbons (Fsp3) is 0.500. The number of rotatable bonds is 4. The van der Waals surface area contributed by atoms with Crippen LogP contribution in [0.5, 0.6) is 0 Å². The summed E-state index contributed by atoms with van der Waals surface area (Å²) >= 11 is 5.91. The van der Waals surface area contributed by atoms with Gasteiger partial charge in [0.05, 0.1) is 21.8 Å². The van der Waals surface area contributed by atoms with Crippen LogP contribution in [0.25, 0.3) is 0 Å². The van der Waals surface area contributed by atoms with Gasteiger partial charge in [-0.2, -0.15) is 0 Å². The maximum Gasteiger partial charge on any atom is 0.180 e. The molecule has 1 aromatic carbocycles. The Kier molecular flexibility index (Phi) is 4.14. The van der Waals surface area contributed by atoms with E-state index >= 15 is 0 Å². The van der Waals surface area contributed by atoms with Crippen molar-refractivity contribution >= 4 is 27.1 Å². The number of hydrogen-bond donors (Lipinski definition) is 1. The summed E-state index contributed by atoms with van der Waals surface area (Å²) in [7, 11) is -3.39. The van der Waals surface area contributed by atoms with Gasteiger partial charge >= 0.3 is 0 Å². The third-order valence-electron chi connectivity index (χ3n) is 3.02. The molecule has 1 aliphatic heterocycles. The molecule has 1 heterocycles. The normalized spacial score (nSPS) is 20.2. The first-order valence-electron chi connectivity index (χ1n) is 5.88. The van der Waals surface area contributed by atoms with Crippen molar-refractivity contribution in [3.8, 4) is 0 Å². The van der Waals surface area contributed by atoms with Crippen molar-refractivity contribution < 1.29 is 13.2 Å². The first-order valence-corrected chi connectivity index (χ1v) is 7.91. The van der Waals surface area contributed by atoms with E-state index in [0.29, 0.717) is 12.1 Å². The summed E-state index contributed by atoms with van der Waals surface area (Å²) in [5.41, 5.74) is 5.99. The van der Waals surface area contributed by atoms with Gasteiger partial charge in [-0.1, -0.05) is 11.6 Å². The van der Waals surface area contributed by atoms with Gasteiger partial charge in [-0.05, 0) is 37.5 Å². The maximum atomic E-state index is 12.2. The Morgan fingerprint density at radius 3 is 2.89 bits per heavy atom. The van der Waals surface area contributed by atoms with Crippen LogP contribution in [0.2, 0.25) is 5.02 Å². The number of hydrogen-bond acceptors (Lipinski definition) is 4. The van der Waals surface area contributed by atoms with E-state index in [1.807, 2.05) is 0 Å². The van der Waals surface area contributed by atoms with Crippen LogP contribution in [0, 0.1) is 0 Å². The SMILES string of the molecule is Nc1ccc(Cl)c(S(=O)(=O)CCC2CCCO2)c1. The molecule has 1 aliphatic rings. The molecule has 100 valence electrons. The lowest BCUT2D eigenvalue weighted by atomic mass is 10.2. The summed E-state index contributed by atoms with van der Waals surface area (Å²) in [4.78, 5) is 0.113. The van der Waals surface area contributed by atoms with Crippen molar-refractivity contribution in [2.75, 3.05) is 18.1 Å². The van der Waals surface area contributed by atoms with E-state index in [9.17, 15) is 8.42 Å². The zero-order valence-corrected chi connectivity index (χ0v) is 11.5. The van der Waals surface area contributed by atoms with Crippen molar-refractivity contribution in [2.45, 2.75) is 30.3 Å². The molecule has 1 saturated heterocycles. The van der Waals surface area contributed by atoms with Crippen molar-refractivity contribution in [3.05, 3.63) is 23.2 Å². The molecule has 1 aromatic rings. The molecule has 0 spiro atoms. The molecule has 4 nitrogen and oxygen atoms in total. The van der Waals surface area contributed by atoms with Crippen LogP contribution in [0.15, 0.2) is 23.1 Å². The summed E-state index contributed by atoms with van der Waals surface area (Å²) in [5.74, 6) is 0.0425. The predicted molar refractivity (Wildman–Crippen MR) is 71.5 cm³/mol. The van der Waals surface area contributed by atoms with Crippen molar-refractivity contribution in [3.63, 3.8) is 0 Å². The van der Waals surface area contributed by atoms with Crippen molar-refractivity contribution in [1.29, 1.82) is 0 Å². The van der Waals surface area contributed by atoms with Gasteiger partial charge in [-0.25, -0.2) is 8.42 Å². The Morgan fingerprint density at radius 2 is 2.22 bits per heavy atom. The van der Waals surface area contributed by atoms with E-state index in [2.05, 4.69) is 0 Å². The van der Waals surface area contributed by atoms with Crippen LogP contribution in [0.1, 0.15) is 19.3 Å². The number of nitrogens with two attached hydrogens (primary N) is 1. The Hall–Kier alpha value is -0.780. The molecule has 0 radical (unpaired) electrons. The fourth-order valence-electron chi connectivity index (χ4n) is 2.03. The van der Waals surface area contributed by atoms with Crippen molar-refractivity contribution in [1.82, 2.24) is 0 Å². The van der Waals surface area contributed by atoms with Crippen LogP contribution in [-0.4, -0.2) is 26.9 Å². The molecule has 1 atom stereocenters. The quantitative estimate of drug-likeness (QED) is 0.863. The van der Waals surface area contributed by atoms with E-state index < -0.39 is 9.84 Å². The Labute approximate surface area is 112 Å². The number of ether oxygens (including phenoxy) is 1. The van der Waals surface area contributed by atoms with E-state index in [0.717, 1.165) is 19.4 Å². The third kappa shape index (κ3) is 3.16. The zero-order chi connectivity index (χ0) is 13.2. The van der Waals surface area contributed by atoms with Gasteiger partial charge in [0.1, 0.15) is 0 Å².